The lowest BCUT2D eigenvalue weighted by molar-refractivity contribution is -0.115. The van der Waals surface area contributed by atoms with Gasteiger partial charge in [0.05, 0.1) is 12.1 Å². The molecule has 1 aromatic heterocycles. The Morgan fingerprint density at radius 2 is 2.11 bits per heavy atom. The lowest BCUT2D eigenvalue weighted by Crippen LogP contribution is -2.17. The summed E-state index contributed by atoms with van der Waals surface area (Å²) in [5, 5.41) is 7.70. The van der Waals surface area contributed by atoms with Crippen molar-refractivity contribution in [2.45, 2.75) is 20.3 Å². The van der Waals surface area contributed by atoms with Crippen molar-refractivity contribution in [1.29, 1.82) is 0 Å². The van der Waals surface area contributed by atoms with E-state index < -0.39 is 0 Å². The molecule has 0 radical (unpaired) electrons. The molecule has 0 saturated heterocycles. The van der Waals surface area contributed by atoms with Gasteiger partial charge in [0.15, 0.2) is 0 Å². The second-order valence-electron chi connectivity index (χ2n) is 4.58. The van der Waals surface area contributed by atoms with Crippen molar-refractivity contribution >= 4 is 23.2 Å². The summed E-state index contributed by atoms with van der Waals surface area (Å²) >= 11 is 5.92. The van der Waals surface area contributed by atoms with Gasteiger partial charge in [0, 0.05) is 23.5 Å². The van der Waals surface area contributed by atoms with Gasteiger partial charge in [0.25, 0.3) is 0 Å². The highest BCUT2D eigenvalue weighted by atomic mass is 35.5. The van der Waals surface area contributed by atoms with Gasteiger partial charge in [-0.1, -0.05) is 17.7 Å². The zero-order valence-corrected chi connectivity index (χ0v) is 12.0. The van der Waals surface area contributed by atoms with Gasteiger partial charge in [-0.25, -0.2) is 0 Å². The molecule has 0 atom stereocenters. The lowest BCUT2D eigenvalue weighted by atomic mass is 10.2. The van der Waals surface area contributed by atoms with Gasteiger partial charge in [0.2, 0.25) is 5.91 Å². The van der Waals surface area contributed by atoms with Crippen LogP contribution in [0.5, 0.6) is 0 Å². The average Bonchev–Trinajstić information content (AvgIpc) is 2.62. The Morgan fingerprint density at radius 1 is 1.37 bits per heavy atom. The number of nitrogens with zero attached hydrogens (tertiary/aromatic N) is 2. The molecule has 1 amide bonds. The van der Waals surface area contributed by atoms with E-state index in [1.807, 2.05) is 33.0 Å². The van der Waals surface area contributed by atoms with E-state index >= 15 is 0 Å². The molecule has 19 heavy (non-hydrogen) atoms. The predicted octanol–water partition coefficient (Wildman–Crippen LogP) is 2.87. The maximum absolute atomic E-state index is 12.0. The van der Waals surface area contributed by atoms with E-state index in [0.29, 0.717) is 11.4 Å². The molecule has 4 nitrogen and oxygen atoms in total. The van der Waals surface area contributed by atoms with Crippen molar-refractivity contribution in [3.05, 3.63) is 46.2 Å². The third-order valence-corrected chi connectivity index (χ3v) is 3.15. The Balaban J connectivity index is 2.09. The first kappa shape index (κ1) is 13.6. The highest BCUT2D eigenvalue weighted by molar-refractivity contribution is 6.31. The van der Waals surface area contributed by atoms with Crippen LogP contribution in [-0.2, 0) is 18.3 Å². The van der Waals surface area contributed by atoms with Crippen LogP contribution in [0.15, 0.2) is 24.3 Å². The Labute approximate surface area is 117 Å². The predicted molar refractivity (Wildman–Crippen MR) is 76.5 cm³/mol. The number of aromatic nitrogens is 2. The molecule has 0 saturated carbocycles. The molecule has 2 rings (SSSR count). The summed E-state index contributed by atoms with van der Waals surface area (Å²) in [6, 6.07) is 7.34. The Bertz CT molecular complexity index is 619. The fourth-order valence-corrected chi connectivity index (χ4v) is 2.09. The molecular formula is C14H16ClN3O. The van der Waals surface area contributed by atoms with Crippen molar-refractivity contribution in [3.8, 4) is 0 Å². The molecule has 0 unspecified atom stereocenters. The first-order chi connectivity index (χ1) is 8.95. The van der Waals surface area contributed by atoms with Crippen molar-refractivity contribution in [2.75, 3.05) is 5.32 Å². The van der Waals surface area contributed by atoms with E-state index in [-0.39, 0.29) is 5.91 Å². The van der Waals surface area contributed by atoms with Crippen molar-refractivity contribution in [3.63, 3.8) is 0 Å². The molecule has 0 bridgehead atoms. The topological polar surface area (TPSA) is 46.9 Å². The van der Waals surface area contributed by atoms with Crippen LogP contribution in [-0.4, -0.2) is 15.7 Å². The molecule has 0 fully saturated rings. The normalized spacial score (nSPS) is 10.5. The van der Waals surface area contributed by atoms with Crippen LogP contribution in [0.2, 0.25) is 5.02 Å². The number of amides is 1. The first-order valence-corrected chi connectivity index (χ1v) is 6.39. The van der Waals surface area contributed by atoms with E-state index in [4.69, 9.17) is 11.6 Å². The van der Waals surface area contributed by atoms with Crippen LogP contribution in [0.4, 0.5) is 5.69 Å². The molecule has 5 heteroatoms. The van der Waals surface area contributed by atoms with Crippen molar-refractivity contribution < 1.29 is 4.79 Å². The largest absolute Gasteiger partial charge is 0.325 e. The lowest BCUT2D eigenvalue weighted by Gasteiger charge is -2.08. The number of carbonyl (C=O) groups excluding carboxylic acids is 1. The minimum Gasteiger partial charge on any atom is -0.325 e. The zero-order chi connectivity index (χ0) is 14.0. The van der Waals surface area contributed by atoms with Gasteiger partial charge in [-0.3, -0.25) is 9.48 Å². The molecule has 0 aliphatic carbocycles. The number of anilines is 1. The summed E-state index contributed by atoms with van der Waals surface area (Å²) in [6.07, 6.45) is 0.295. The first-order valence-electron chi connectivity index (χ1n) is 6.01. The van der Waals surface area contributed by atoms with E-state index in [1.54, 1.807) is 16.8 Å². The van der Waals surface area contributed by atoms with Crippen LogP contribution >= 0.6 is 11.6 Å². The molecule has 0 spiro atoms. The average molecular weight is 278 g/mol. The SMILES string of the molecule is Cc1cc(CC(=O)Nc2cc(Cl)ccc2C)n(C)n1. The fourth-order valence-electron chi connectivity index (χ4n) is 1.92. The third-order valence-electron chi connectivity index (χ3n) is 2.91. The minimum atomic E-state index is -0.0756. The second-order valence-corrected chi connectivity index (χ2v) is 5.02. The summed E-state index contributed by atoms with van der Waals surface area (Å²) in [5.74, 6) is -0.0756. The number of rotatable bonds is 3. The summed E-state index contributed by atoms with van der Waals surface area (Å²) in [4.78, 5) is 12.0. The van der Waals surface area contributed by atoms with E-state index in [0.717, 1.165) is 22.6 Å². The van der Waals surface area contributed by atoms with Gasteiger partial charge in [-0.15, -0.1) is 0 Å². The van der Waals surface area contributed by atoms with Crippen molar-refractivity contribution in [1.82, 2.24) is 9.78 Å². The summed E-state index contributed by atoms with van der Waals surface area (Å²) < 4.78 is 1.72. The molecule has 2 aromatic rings. The molecule has 1 heterocycles. The van der Waals surface area contributed by atoms with Crippen LogP contribution in [0.1, 0.15) is 17.0 Å². The van der Waals surface area contributed by atoms with E-state index in [1.165, 1.54) is 0 Å². The number of carbonyl (C=O) groups is 1. The molecule has 100 valence electrons. The van der Waals surface area contributed by atoms with Crippen LogP contribution in [0, 0.1) is 13.8 Å². The number of aryl methyl sites for hydroxylation is 3. The number of hydrogen-bond donors (Lipinski definition) is 1. The number of hydrogen-bond acceptors (Lipinski definition) is 2. The zero-order valence-electron chi connectivity index (χ0n) is 11.2. The van der Waals surface area contributed by atoms with Gasteiger partial charge >= 0.3 is 0 Å². The summed E-state index contributed by atoms with van der Waals surface area (Å²) in [5.41, 5.74) is 3.52. The van der Waals surface area contributed by atoms with Gasteiger partial charge in [-0.2, -0.15) is 5.10 Å². The Kier molecular flexibility index (Phi) is 3.90. The maximum atomic E-state index is 12.0. The molecule has 0 aliphatic heterocycles. The van der Waals surface area contributed by atoms with Crippen LogP contribution in [0.3, 0.4) is 0 Å². The molecule has 1 aromatic carbocycles. The molecule has 0 aliphatic rings. The summed E-state index contributed by atoms with van der Waals surface area (Å²) in [7, 11) is 1.83. The van der Waals surface area contributed by atoms with Crippen molar-refractivity contribution in [2.24, 2.45) is 7.05 Å². The fraction of sp³-hybridized carbons (Fsp3) is 0.286. The van der Waals surface area contributed by atoms with Gasteiger partial charge in [0.1, 0.15) is 0 Å². The summed E-state index contributed by atoms with van der Waals surface area (Å²) in [6.45, 7) is 3.84. The Morgan fingerprint density at radius 3 is 2.74 bits per heavy atom. The number of nitrogens with one attached hydrogen (secondary N) is 1. The number of halogens is 1. The number of benzene rings is 1. The minimum absolute atomic E-state index is 0.0756. The standard InChI is InChI=1S/C14H16ClN3O/c1-9-4-5-11(15)7-13(9)16-14(19)8-12-6-10(2)17-18(12)3/h4-7H,8H2,1-3H3,(H,16,19). The maximum Gasteiger partial charge on any atom is 0.230 e. The Hall–Kier alpha value is -1.81. The van der Waals surface area contributed by atoms with Gasteiger partial charge in [-0.05, 0) is 37.6 Å². The molecular weight excluding hydrogens is 262 g/mol. The second kappa shape index (κ2) is 5.45. The quantitative estimate of drug-likeness (QED) is 0.938. The highest BCUT2D eigenvalue weighted by Gasteiger charge is 2.10. The third kappa shape index (κ3) is 3.35. The van der Waals surface area contributed by atoms with Crippen LogP contribution in [0.25, 0.3) is 0 Å². The van der Waals surface area contributed by atoms with E-state index in [9.17, 15) is 4.79 Å². The van der Waals surface area contributed by atoms with Gasteiger partial charge < -0.3 is 5.32 Å². The highest BCUT2D eigenvalue weighted by Crippen LogP contribution is 2.20. The molecule has 1 N–H and O–H groups in total. The monoisotopic (exact) mass is 277 g/mol. The smallest absolute Gasteiger partial charge is 0.230 e. The van der Waals surface area contributed by atoms with E-state index in [2.05, 4.69) is 10.4 Å². The van der Waals surface area contributed by atoms with Crippen LogP contribution < -0.4 is 5.32 Å².